The molecule has 1 aliphatic heterocycles. The molecule has 0 aliphatic carbocycles. The number of guanidine groups is 1. The SMILES string of the molecule is CN=C(NCCNC(=O)c1ccc(C)c(F)c1)N1CCC(C)CC1.I. The van der Waals surface area contributed by atoms with Crippen molar-refractivity contribution in [3.63, 3.8) is 0 Å². The Morgan fingerprint density at radius 2 is 1.92 bits per heavy atom. The predicted octanol–water partition coefficient (Wildman–Crippen LogP) is 2.79. The monoisotopic (exact) mass is 462 g/mol. The van der Waals surface area contributed by atoms with Crippen LogP contribution in [-0.2, 0) is 0 Å². The Labute approximate surface area is 166 Å². The van der Waals surface area contributed by atoms with Gasteiger partial charge in [0, 0.05) is 38.8 Å². The fourth-order valence-corrected chi connectivity index (χ4v) is 2.74. The normalized spacial score (nSPS) is 15.5. The van der Waals surface area contributed by atoms with Gasteiger partial charge in [0.25, 0.3) is 5.91 Å². The molecule has 0 unspecified atom stereocenters. The number of aryl methyl sites for hydroxylation is 1. The number of piperidine rings is 1. The van der Waals surface area contributed by atoms with E-state index in [1.807, 2.05) is 0 Å². The van der Waals surface area contributed by atoms with Gasteiger partial charge in [-0.05, 0) is 43.4 Å². The Morgan fingerprint density at radius 1 is 1.28 bits per heavy atom. The first-order chi connectivity index (χ1) is 11.5. The Hall–Kier alpha value is -1.38. The second-order valence-electron chi connectivity index (χ2n) is 6.36. The number of carbonyl (C=O) groups is 1. The molecule has 7 heteroatoms. The molecule has 5 nitrogen and oxygen atoms in total. The summed E-state index contributed by atoms with van der Waals surface area (Å²) in [6, 6.07) is 4.52. The maximum absolute atomic E-state index is 13.5. The van der Waals surface area contributed by atoms with E-state index in [0.717, 1.165) is 25.0 Å². The van der Waals surface area contributed by atoms with Crippen LogP contribution in [0.4, 0.5) is 4.39 Å². The van der Waals surface area contributed by atoms with Gasteiger partial charge in [0.1, 0.15) is 5.82 Å². The van der Waals surface area contributed by atoms with Crippen LogP contribution < -0.4 is 10.6 Å². The molecule has 1 aromatic rings. The molecule has 0 aromatic heterocycles. The van der Waals surface area contributed by atoms with Crippen molar-refractivity contribution in [2.24, 2.45) is 10.9 Å². The van der Waals surface area contributed by atoms with Crippen molar-refractivity contribution < 1.29 is 9.18 Å². The van der Waals surface area contributed by atoms with Crippen molar-refractivity contribution in [2.45, 2.75) is 26.7 Å². The number of hydrogen-bond donors (Lipinski definition) is 2. The third-order valence-corrected chi connectivity index (χ3v) is 4.42. The van der Waals surface area contributed by atoms with Gasteiger partial charge in [-0.2, -0.15) is 0 Å². The first-order valence-corrected chi connectivity index (χ1v) is 8.51. The van der Waals surface area contributed by atoms with Crippen LogP contribution in [0, 0.1) is 18.7 Å². The molecule has 1 aliphatic rings. The molecule has 0 spiro atoms. The highest BCUT2D eigenvalue weighted by Gasteiger charge is 2.18. The standard InChI is InChI=1S/C18H27FN4O.HI/c1-13-6-10-23(11-7-13)18(20-3)22-9-8-21-17(24)15-5-4-14(2)16(19)12-15;/h4-5,12-13H,6-11H2,1-3H3,(H,20,22)(H,21,24);1H. The summed E-state index contributed by atoms with van der Waals surface area (Å²) >= 11 is 0. The van der Waals surface area contributed by atoms with Crippen LogP contribution in [0.5, 0.6) is 0 Å². The summed E-state index contributed by atoms with van der Waals surface area (Å²) in [6.45, 7) is 7.01. The number of likely N-dealkylation sites (tertiary alicyclic amines) is 1. The number of nitrogens with zero attached hydrogens (tertiary/aromatic N) is 2. The Bertz CT molecular complexity index is 601. The molecule has 2 N–H and O–H groups in total. The number of aliphatic imine (C=N–C) groups is 1. The van der Waals surface area contributed by atoms with Gasteiger partial charge in [-0.25, -0.2) is 4.39 Å². The van der Waals surface area contributed by atoms with Crippen molar-refractivity contribution in [2.75, 3.05) is 33.2 Å². The largest absolute Gasteiger partial charge is 0.354 e. The zero-order valence-electron chi connectivity index (χ0n) is 15.1. The van der Waals surface area contributed by atoms with Gasteiger partial charge < -0.3 is 15.5 Å². The van der Waals surface area contributed by atoms with E-state index in [-0.39, 0.29) is 35.7 Å². The summed E-state index contributed by atoms with van der Waals surface area (Å²) in [5.41, 5.74) is 0.875. The molecule has 0 saturated carbocycles. The zero-order valence-corrected chi connectivity index (χ0v) is 17.5. The molecular weight excluding hydrogens is 434 g/mol. The van der Waals surface area contributed by atoms with Crippen molar-refractivity contribution in [3.8, 4) is 0 Å². The van der Waals surface area contributed by atoms with Gasteiger partial charge in [-0.3, -0.25) is 9.79 Å². The number of rotatable bonds is 4. The minimum Gasteiger partial charge on any atom is -0.354 e. The molecule has 2 rings (SSSR count). The topological polar surface area (TPSA) is 56.7 Å². The minimum atomic E-state index is -0.361. The maximum Gasteiger partial charge on any atom is 0.251 e. The van der Waals surface area contributed by atoms with Crippen LogP contribution in [0.2, 0.25) is 0 Å². The van der Waals surface area contributed by atoms with Crippen LogP contribution >= 0.6 is 24.0 Å². The molecule has 1 amide bonds. The Morgan fingerprint density at radius 3 is 2.52 bits per heavy atom. The smallest absolute Gasteiger partial charge is 0.251 e. The van der Waals surface area contributed by atoms with E-state index in [0.29, 0.717) is 24.2 Å². The van der Waals surface area contributed by atoms with E-state index < -0.39 is 0 Å². The molecule has 140 valence electrons. The highest BCUT2D eigenvalue weighted by molar-refractivity contribution is 14.0. The van der Waals surface area contributed by atoms with Crippen molar-refractivity contribution in [1.29, 1.82) is 0 Å². The lowest BCUT2D eigenvalue weighted by molar-refractivity contribution is 0.0953. The lowest BCUT2D eigenvalue weighted by Crippen LogP contribution is -2.47. The van der Waals surface area contributed by atoms with Crippen LogP contribution in [0.1, 0.15) is 35.7 Å². The van der Waals surface area contributed by atoms with Crippen LogP contribution in [0.15, 0.2) is 23.2 Å². The number of halogens is 2. The molecule has 0 radical (unpaired) electrons. The summed E-state index contributed by atoms with van der Waals surface area (Å²) in [6.07, 6.45) is 2.35. The molecule has 1 fully saturated rings. The highest BCUT2D eigenvalue weighted by atomic mass is 127. The van der Waals surface area contributed by atoms with Crippen LogP contribution in [-0.4, -0.2) is 50.0 Å². The van der Waals surface area contributed by atoms with Crippen molar-refractivity contribution >= 4 is 35.8 Å². The van der Waals surface area contributed by atoms with E-state index in [1.165, 1.54) is 18.9 Å². The average molecular weight is 462 g/mol. The highest BCUT2D eigenvalue weighted by Crippen LogP contribution is 2.15. The maximum atomic E-state index is 13.5. The lowest BCUT2D eigenvalue weighted by Gasteiger charge is -2.32. The van der Waals surface area contributed by atoms with Gasteiger partial charge in [-0.1, -0.05) is 13.0 Å². The first kappa shape index (κ1) is 21.7. The molecule has 25 heavy (non-hydrogen) atoms. The van der Waals surface area contributed by atoms with E-state index in [4.69, 9.17) is 0 Å². The average Bonchev–Trinajstić information content (AvgIpc) is 2.58. The number of amides is 1. The molecule has 1 aromatic carbocycles. The minimum absolute atomic E-state index is 0. The van der Waals surface area contributed by atoms with E-state index >= 15 is 0 Å². The van der Waals surface area contributed by atoms with Crippen LogP contribution in [0.3, 0.4) is 0 Å². The second kappa shape index (κ2) is 10.6. The van der Waals surface area contributed by atoms with E-state index in [2.05, 4.69) is 27.4 Å². The summed E-state index contributed by atoms with van der Waals surface area (Å²) in [5.74, 6) is 1.02. The second-order valence-corrected chi connectivity index (χ2v) is 6.36. The van der Waals surface area contributed by atoms with Gasteiger partial charge in [-0.15, -0.1) is 24.0 Å². The number of benzene rings is 1. The number of carbonyl (C=O) groups excluding carboxylic acids is 1. The Kier molecular flexibility index (Phi) is 9.16. The van der Waals surface area contributed by atoms with Crippen LogP contribution in [0.25, 0.3) is 0 Å². The fraction of sp³-hybridized carbons (Fsp3) is 0.556. The number of nitrogens with one attached hydrogen (secondary N) is 2. The summed E-state index contributed by atoms with van der Waals surface area (Å²) < 4.78 is 13.5. The molecular formula is C18H28FIN4O. The predicted molar refractivity (Wildman–Crippen MR) is 110 cm³/mol. The van der Waals surface area contributed by atoms with Gasteiger partial charge in [0.15, 0.2) is 5.96 Å². The van der Waals surface area contributed by atoms with Gasteiger partial charge in [0.05, 0.1) is 0 Å². The zero-order chi connectivity index (χ0) is 17.5. The fourth-order valence-electron chi connectivity index (χ4n) is 2.74. The molecule has 0 atom stereocenters. The third-order valence-electron chi connectivity index (χ3n) is 4.42. The third kappa shape index (κ3) is 6.45. The Balaban J connectivity index is 0.00000312. The molecule has 1 saturated heterocycles. The van der Waals surface area contributed by atoms with E-state index in [9.17, 15) is 9.18 Å². The molecule has 1 heterocycles. The van der Waals surface area contributed by atoms with Crippen molar-refractivity contribution in [1.82, 2.24) is 15.5 Å². The summed E-state index contributed by atoms with van der Waals surface area (Å²) in [4.78, 5) is 18.6. The summed E-state index contributed by atoms with van der Waals surface area (Å²) in [7, 11) is 1.77. The van der Waals surface area contributed by atoms with E-state index in [1.54, 1.807) is 26.1 Å². The number of hydrogen-bond acceptors (Lipinski definition) is 2. The van der Waals surface area contributed by atoms with Crippen molar-refractivity contribution in [3.05, 3.63) is 35.1 Å². The quantitative estimate of drug-likeness (QED) is 0.313. The van der Waals surface area contributed by atoms with Gasteiger partial charge in [0.2, 0.25) is 0 Å². The molecule has 0 bridgehead atoms. The first-order valence-electron chi connectivity index (χ1n) is 8.51. The summed E-state index contributed by atoms with van der Waals surface area (Å²) in [5, 5.41) is 6.06. The lowest BCUT2D eigenvalue weighted by atomic mass is 10.00. The van der Waals surface area contributed by atoms with Gasteiger partial charge >= 0.3 is 0 Å².